The van der Waals surface area contributed by atoms with Gasteiger partial charge in [-0.15, -0.1) is 0 Å². The van der Waals surface area contributed by atoms with Crippen LogP contribution in [-0.2, 0) is 17.9 Å². The molecule has 0 radical (unpaired) electrons. The molecule has 0 bridgehead atoms. The standard InChI is InChI=1S/C32H35BN4O3/c1-24(2)31(38)34-15-9-16-35-32(39)29-18-28(22-37(23-29)19-25-10-4-3-5-11-25)26-13-8-17-36(20-26)21-27-12-6-7-14-30(27)33-40/h3-8,10-14,17-18,22-23,26,33,40H,1,9,15-16,19-21H2,2H3/p+2. The van der Waals surface area contributed by atoms with Gasteiger partial charge in [-0.25, -0.2) is 4.58 Å². The summed E-state index contributed by atoms with van der Waals surface area (Å²) in [6.07, 6.45) is 10.9. The molecule has 8 heteroatoms. The number of benzene rings is 2. The minimum Gasteiger partial charge on any atom is -0.449 e. The van der Waals surface area contributed by atoms with Crippen LogP contribution in [0.25, 0.3) is 0 Å². The Kier molecular flexibility index (Phi) is 10.2. The normalized spacial score (nSPS) is 14.2. The molecule has 0 fully saturated rings. The lowest BCUT2D eigenvalue weighted by Gasteiger charge is -2.16. The van der Waals surface area contributed by atoms with Gasteiger partial charge in [-0.3, -0.25) is 9.59 Å². The second kappa shape index (κ2) is 14.2. The van der Waals surface area contributed by atoms with Crippen molar-refractivity contribution in [3.63, 3.8) is 0 Å². The third-order valence-corrected chi connectivity index (χ3v) is 6.89. The van der Waals surface area contributed by atoms with Crippen LogP contribution in [-0.4, -0.2) is 54.7 Å². The van der Waals surface area contributed by atoms with Crippen molar-refractivity contribution in [2.75, 3.05) is 19.6 Å². The molecule has 40 heavy (non-hydrogen) atoms. The zero-order chi connectivity index (χ0) is 28.3. The minimum atomic E-state index is -0.173. The van der Waals surface area contributed by atoms with Crippen molar-refractivity contribution in [2.45, 2.75) is 32.4 Å². The number of rotatable bonds is 12. The summed E-state index contributed by atoms with van der Waals surface area (Å²) in [5, 5.41) is 15.5. The van der Waals surface area contributed by atoms with Gasteiger partial charge in [0.15, 0.2) is 38.2 Å². The van der Waals surface area contributed by atoms with E-state index in [4.69, 9.17) is 0 Å². The largest absolute Gasteiger partial charge is 0.449 e. The first kappa shape index (κ1) is 28.7. The van der Waals surface area contributed by atoms with E-state index in [1.807, 2.05) is 48.7 Å². The zero-order valence-corrected chi connectivity index (χ0v) is 23.1. The number of allylic oxidation sites excluding steroid dienone is 1. The summed E-state index contributed by atoms with van der Waals surface area (Å²) in [5.74, 6) is -0.221. The molecule has 2 aromatic carbocycles. The van der Waals surface area contributed by atoms with Crippen molar-refractivity contribution in [3.05, 3.63) is 120 Å². The van der Waals surface area contributed by atoms with Crippen LogP contribution in [0.2, 0.25) is 0 Å². The molecular formula is C32H37BN4O3+2. The summed E-state index contributed by atoms with van der Waals surface area (Å²) in [6.45, 7) is 8.34. The Labute approximate surface area is 236 Å². The smallest absolute Gasteiger partial charge is 0.305 e. The molecule has 3 aromatic rings. The molecule has 4 rings (SSSR count). The van der Waals surface area contributed by atoms with E-state index in [1.54, 1.807) is 6.92 Å². The Bertz CT molecular complexity index is 1420. The number of pyridine rings is 1. The molecule has 1 unspecified atom stereocenters. The average Bonchev–Trinajstić information content (AvgIpc) is 2.97. The summed E-state index contributed by atoms with van der Waals surface area (Å²) < 4.78 is 4.32. The predicted octanol–water partition coefficient (Wildman–Crippen LogP) is 1.74. The van der Waals surface area contributed by atoms with Gasteiger partial charge in [-0.1, -0.05) is 67.3 Å². The molecule has 0 spiro atoms. The lowest BCUT2D eigenvalue weighted by Crippen LogP contribution is -2.38. The van der Waals surface area contributed by atoms with Gasteiger partial charge >= 0.3 is 7.48 Å². The van der Waals surface area contributed by atoms with E-state index in [0.717, 1.165) is 28.7 Å². The maximum absolute atomic E-state index is 13.2. The van der Waals surface area contributed by atoms with Crippen LogP contribution in [0.1, 0.15) is 46.3 Å². The minimum absolute atomic E-state index is 0.0141. The fraction of sp³-hybridized carbons (Fsp3) is 0.250. The van der Waals surface area contributed by atoms with Crippen LogP contribution < -0.4 is 20.7 Å². The number of carbonyl (C=O) groups is 2. The van der Waals surface area contributed by atoms with Gasteiger partial charge in [0.05, 0.1) is 5.92 Å². The molecule has 1 aliphatic heterocycles. The molecule has 0 saturated heterocycles. The number of aromatic nitrogens is 1. The number of nitrogens with zero attached hydrogens (tertiary/aromatic N) is 2. The summed E-state index contributed by atoms with van der Waals surface area (Å²) in [6, 6.07) is 20.1. The zero-order valence-electron chi connectivity index (χ0n) is 23.1. The van der Waals surface area contributed by atoms with E-state index < -0.39 is 0 Å². The van der Waals surface area contributed by atoms with Crippen molar-refractivity contribution in [2.24, 2.45) is 0 Å². The van der Waals surface area contributed by atoms with Crippen LogP contribution in [0.15, 0.2) is 97.4 Å². The maximum Gasteiger partial charge on any atom is 0.305 e. The number of carbonyl (C=O) groups excluding carboxylic acids is 2. The lowest BCUT2D eigenvalue weighted by molar-refractivity contribution is -0.689. The lowest BCUT2D eigenvalue weighted by atomic mass is 9.84. The monoisotopic (exact) mass is 536 g/mol. The Balaban J connectivity index is 1.49. The van der Waals surface area contributed by atoms with Crippen LogP contribution in [0.5, 0.6) is 0 Å². The quantitative estimate of drug-likeness (QED) is 0.143. The van der Waals surface area contributed by atoms with Gasteiger partial charge in [0, 0.05) is 35.4 Å². The summed E-state index contributed by atoms with van der Waals surface area (Å²) in [5.41, 5.74) is 5.30. The van der Waals surface area contributed by atoms with Crippen molar-refractivity contribution < 1.29 is 23.8 Å². The SMILES string of the molecule is C=C(C)C(=O)NCCCNC(=O)c1cc(C2C=CC=[N+](Cc3ccccc3BO)C2)c[n+](Cc2ccccc2)c1. The van der Waals surface area contributed by atoms with Crippen molar-refractivity contribution in [1.82, 2.24) is 10.6 Å². The first-order valence-electron chi connectivity index (χ1n) is 13.7. The highest BCUT2D eigenvalue weighted by Crippen LogP contribution is 2.20. The molecule has 0 aliphatic carbocycles. The Morgan fingerprint density at radius 2 is 1.77 bits per heavy atom. The van der Waals surface area contributed by atoms with Crippen LogP contribution in [0.3, 0.4) is 0 Å². The topological polar surface area (TPSA) is 85.3 Å². The van der Waals surface area contributed by atoms with Crippen molar-refractivity contribution >= 4 is 31.0 Å². The number of hydrogen-bond donors (Lipinski definition) is 3. The van der Waals surface area contributed by atoms with E-state index in [-0.39, 0.29) is 25.2 Å². The predicted molar refractivity (Wildman–Crippen MR) is 159 cm³/mol. The molecule has 204 valence electrons. The van der Waals surface area contributed by atoms with Crippen LogP contribution in [0.4, 0.5) is 0 Å². The molecule has 1 aromatic heterocycles. The first-order chi connectivity index (χ1) is 19.4. The Morgan fingerprint density at radius 1 is 1.02 bits per heavy atom. The highest BCUT2D eigenvalue weighted by atomic mass is 16.2. The molecule has 2 amide bonds. The molecule has 2 heterocycles. The van der Waals surface area contributed by atoms with E-state index in [1.165, 1.54) is 0 Å². The molecule has 0 saturated carbocycles. The van der Waals surface area contributed by atoms with Gasteiger partial charge in [-0.2, -0.15) is 4.57 Å². The third-order valence-electron chi connectivity index (χ3n) is 6.89. The summed E-state index contributed by atoms with van der Waals surface area (Å²) in [4.78, 5) is 24.9. The van der Waals surface area contributed by atoms with Gasteiger partial charge in [0.1, 0.15) is 5.56 Å². The van der Waals surface area contributed by atoms with E-state index in [9.17, 15) is 14.6 Å². The van der Waals surface area contributed by atoms with Crippen LogP contribution in [0, 0.1) is 0 Å². The van der Waals surface area contributed by atoms with Gasteiger partial charge in [0.25, 0.3) is 5.91 Å². The Morgan fingerprint density at radius 3 is 2.55 bits per heavy atom. The van der Waals surface area contributed by atoms with Gasteiger partial charge in [0.2, 0.25) is 5.91 Å². The fourth-order valence-electron chi connectivity index (χ4n) is 4.72. The summed E-state index contributed by atoms with van der Waals surface area (Å²) in [7, 11) is 0.0141. The fourth-order valence-corrected chi connectivity index (χ4v) is 4.72. The maximum atomic E-state index is 13.2. The van der Waals surface area contributed by atoms with Crippen LogP contribution >= 0.6 is 0 Å². The number of amides is 2. The van der Waals surface area contributed by atoms with Gasteiger partial charge in [-0.05, 0) is 30.9 Å². The molecule has 1 aliphatic rings. The molecule has 3 N–H and O–H groups in total. The van der Waals surface area contributed by atoms with E-state index in [0.29, 0.717) is 43.7 Å². The van der Waals surface area contributed by atoms with Crippen molar-refractivity contribution in [3.8, 4) is 0 Å². The van der Waals surface area contributed by atoms with Gasteiger partial charge < -0.3 is 15.7 Å². The van der Waals surface area contributed by atoms with E-state index in [2.05, 4.69) is 69.1 Å². The number of hydrogen-bond acceptors (Lipinski definition) is 3. The summed E-state index contributed by atoms with van der Waals surface area (Å²) >= 11 is 0. The van der Waals surface area contributed by atoms with E-state index >= 15 is 0 Å². The number of nitrogens with one attached hydrogen (secondary N) is 2. The molecular weight excluding hydrogens is 499 g/mol. The highest BCUT2D eigenvalue weighted by molar-refractivity contribution is 6.46. The first-order valence-corrected chi connectivity index (χ1v) is 13.7. The second-order valence-corrected chi connectivity index (χ2v) is 10.2. The highest BCUT2D eigenvalue weighted by Gasteiger charge is 2.24. The second-order valence-electron chi connectivity index (χ2n) is 10.2. The molecule has 1 atom stereocenters. The third kappa shape index (κ3) is 8.10. The Hall–Kier alpha value is -4.30. The van der Waals surface area contributed by atoms with Crippen molar-refractivity contribution in [1.29, 1.82) is 0 Å². The molecule has 7 nitrogen and oxygen atoms in total. The average molecular weight is 536 g/mol.